The van der Waals surface area contributed by atoms with E-state index in [9.17, 15) is 9.59 Å². The highest BCUT2D eigenvalue weighted by molar-refractivity contribution is 7.18. The molecule has 0 unspecified atom stereocenters. The molecule has 0 spiro atoms. The van der Waals surface area contributed by atoms with Crippen LogP contribution in [0.5, 0.6) is 11.5 Å². The molecular weight excluding hydrogens is 440 g/mol. The number of alkyl carbamates (subject to hydrolysis) is 1. The predicted octanol–water partition coefficient (Wildman–Crippen LogP) is 4.90. The molecule has 0 atom stereocenters. The zero-order valence-electron chi connectivity index (χ0n) is 19.1. The van der Waals surface area contributed by atoms with E-state index in [4.69, 9.17) is 9.47 Å². The van der Waals surface area contributed by atoms with Crippen molar-refractivity contribution in [2.75, 3.05) is 25.5 Å². The maximum absolute atomic E-state index is 12.4. The van der Waals surface area contributed by atoms with Gasteiger partial charge >= 0.3 is 6.09 Å². The average Bonchev–Trinajstić information content (AvgIpc) is 3.20. The second-order valence-electron chi connectivity index (χ2n) is 8.07. The van der Waals surface area contributed by atoms with Gasteiger partial charge in [-0.3, -0.25) is 4.79 Å². The molecule has 0 bridgehead atoms. The van der Waals surface area contributed by atoms with Crippen molar-refractivity contribution in [3.63, 3.8) is 0 Å². The van der Waals surface area contributed by atoms with Crippen LogP contribution < -0.4 is 20.7 Å². The first-order valence-corrected chi connectivity index (χ1v) is 11.3. The normalized spacial score (nSPS) is 10.9. The maximum Gasteiger partial charge on any atom is 0.407 e. The molecule has 0 fully saturated rings. The monoisotopic (exact) mass is 468 g/mol. The van der Waals surface area contributed by atoms with E-state index >= 15 is 0 Å². The van der Waals surface area contributed by atoms with E-state index in [1.165, 1.54) is 11.3 Å². The molecule has 0 aliphatic heterocycles. The Balaban J connectivity index is 1.66. The molecular formula is C24H28N4O4S. The minimum Gasteiger partial charge on any atom is -0.457 e. The van der Waals surface area contributed by atoms with Crippen molar-refractivity contribution in [3.05, 3.63) is 59.5 Å². The number of anilines is 1. The molecule has 8 nitrogen and oxygen atoms in total. The zero-order chi connectivity index (χ0) is 23.8. The fourth-order valence-corrected chi connectivity index (χ4v) is 3.77. The molecule has 33 heavy (non-hydrogen) atoms. The van der Waals surface area contributed by atoms with Crippen molar-refractivity contribution in [2.24, 2.45) is 0 Å². The number of ether oxygens (including phenoxy) is 2. The van der Waals surface area contributed by atoms with Crippen molar-refractivity contribution in [3.8, 4) is 22.8 Å². The SMILES string of the molecule is CNC(=O)c1sc(NCCNC(=O)OC(C)(C)C)nc1-c1ccc(Oc2ccccc2)cc1. The van der Waals surface area contributed by atoms with Gasteiger partial charge in [0.1, 0.15) is 22.0 Å². The molecule has 0 saturated carbocycles. The number of benzene rings is 2. The summed E-state index contributed by atoms with van der Waals surface area (Å²) in [5, 5.41) is 9.07. The summed E-state index contributed by atoms with van der Waals surface area (Å²) in [7, 11) is 1.58. The Morgan fingerprint density at radius 3 is 2.27 bits per heavy atom. The molecule has 174 valence electrons. The fourth-order valence-electron chi connectivity index (χ4n) is 2.81. The molecule has 3 N–H and O–H groups in total. The molecule has 2 aromatic carbocycles. The third-order valence-electron chi connectivity index (χ3n) is 4.24. The molecule has 3 aromatic rings. The van der Waals surface area contributed by atoms with E-state index in [0.717, 1.165) is 11.3 Å². The van der Waals surface area contributed by atoms with Gasteiger partial charge in [0.25, 0.3) is 5.91 Å². The summed E-state index contributed by atoms with van der Waals surface area (Å²) in [6.07, 6.45) is -0.479. The number of rotatable bonds is 8. The van der Waals surface area contributed by atoms with Crippen molar-refractivity contribution in [1.82, 2.24) is 15.6 Å². The number of para-hydroxylation sites is 1. The van der Waals surface area contributed by atoms with Gasteiger partial charge in [0.2, 0.25) is 0 Å². The maximum atomic E-state index is 12.4. The van der Waals surface area contributed by atoms with Gasteiger partial charge < -0.3 is 25.4 Å². The van der Waals surface area contributed by atoms with Crippen LogP contribution in [0, 0.1) is 0 Å². The number of hydrogen-bond donors (Lipinski definition) is 3. The zero-order valence-corrected chi connectivity index (χ0v) is 19.9. The van der Waals surface area contributed by atoms with E-state index in [0.29, 0.717) is 34.5 Å². The summed E-state index contributed by atoms with van der Waals surface area (Å²) in [4.78, 5) is 29.3. The first-order chi connectivity index (χ1) is 15.7. The van der Waals surface area contributed by atoms with E-state index in [-0.39, 0.29) is 5.91 Å². The van der Waals surface area contributed by atoms with Crippen LogP contribution in [-0.2, 0) is 4.74 Å². The fraction of sp³-hybridized carbons (Fsp3) is 0.292. The highest BCUT2D eigenvalue weighted by Gasteiger charge is 2.19. The Morgan fingerprint density at radius 2 is 1.64 bits per heavy atom. The van der Waals surface area contributed by atoms with Crippen LogP contribution in [0.3, 0.4) is 0 Å². The topological polar surface area (TPSA) is 102 Å². The van der Waals surface area contributed by atoms with Gasteiger partial charge in [-0.1, -0.05) is 29.5 Å². The first-order valence-electron chi connectivity index (χ1n) is 10.5. The lowest BCUT2D eigenvalue weighted by molar-refractivity contribution is 0.0530. The molecule has 2 amide bonds. The summed E-state index contributed by atoms with van der Waals surface area (Å²) in [6, 6.07) is 16.9. The van der Waals surface area contributed by atoms with Crippen LogP contribution in [0.4, 0.5) is 9.93 Å². The van der Waals surface area contributed by atoms with Gasteiger partial charge in [-0.2, -0.15) is 0 Å². The van der Waals surface area contributed by atoms with E-state index in [2.05, 4.69) is 20.9 Å². The minimum atomic E-state index is -0.550. The van der Waals surface area contributed by atoms with Crippen molar-refractivity contribution in [2.45, 2.75) is 26.4 Å². The molecule has 1 aromatic heterocycles. The quantitative estimate of drug-likeness (QED) is 0.407. The van der Waals surface area contributed by atoms with Gasteiger partial charge in [-0.25, -0.2) is 9.78 Å². The molecule has 0 saturated heterocycles. The molecule has 9 heteroatoms. The van der Waals surface area contributed by atoms with Gasteiger partial charge in [0, 0.05) is 25.7 Å². The van der Waals surface area contributed by atoms with Gasteiger partial charge in [-0.15, -0.1) is 0 Å². The van der Waals surface area contributed by atoms with Gasteiger partial charge in [-0.05, 0) is 57.2 Å². The Hall–Kier alpha value is -3.59. The molecule has 3 rings (SSSR count). The Morgan fingerprint density at radius 1 is 0.970 bits per heavy atom. The van der Waals surface area contributed by atoms with Crippen LogP contribution >= 0.6 is 11.3 Å². The molecule has 0 aliphatic rings. The van der Waals surface area contributed by atoms with E-state index in [1.54, 1.807) is 7.05 Å². The summed E-state index contributed by atoms with van der Waals surface area (Å²) in [6.45, 7) is 6.21. The standard InChI is InChI=1S/C24H28N4O4S/c1-24(2,3)32-23(30)27-15-14-26-22-28-19(20(33-22)21(29)25-4)16-10-12-18(13-11-16)31-17-8-6-5-7-9-17/h5-13H,14-15H2,1-4H3,(H,25,29)(H,26,28)(H,27,30). The number of carbonyl (C=O) groups excluding carboxylic acids is 2. The van der Waals surface area contributed by atoms with Crippen LogP contribution in [-0.4, -0.2) is 42.7 Å². The smallest absolute Gasteiger partial charge is 0.407 e. The highest BCUT2D eigenvalue weighted by atomic mass is 32.1. The Labute approximate surface area is 197 Å². The van der Waals surface area contributed by atoms with E-state index < -0.39 is 11.7 Å². The van der Waals surface area contributed by atoms with Crippen LogP contribution in [0.2, 0.25) is 0 Å². The summed E-state index contributed by atoms with van der Waals surface area (Å²) in [5.74, 6) is 1.22. The number of hydrogen-bond acceptors (Lipinski definition) is 7. The van der Waals surface area contributed by atoms with Crippen molar-refractivity contribution >= 4 is 28.5 Å². The molecule has 1 heterocycles. The number of nitrogens with zero attached hydrogens (tertiary/aromatic N) is 1. The highest BCUT2D eigenvalue weighted by Crippen LogP contribution is 2.32. The lowest BCUT2D eigenvalue weighted by Gasteiger charge is -2.19. The number of thiazole rings is 1. The second-order valence-corrected chi connectivity index (χ2v) is 9.07. The van der Waals surface area contributed by atoms with E-state index in [1.807, 2.05) is 75.4 Å². The lowest BCUT2D eigenvalue weighted by atomic mass is 10.1. The van der Waals surface area contributed by atoms with Crippen LogP contribution in [0.15, 0.2) is 54.6 Å². The summed E-state index contributed by atoms with van der Waals surface area (Å²) < 4.78 is 11.0. The number of aromatic nitrogens is 1. The molecule has 0 aliphatic carbocycles. The third-order valence-corrected chi connectivity index (χ3v) is 5.25. The van der Waals surface area contributed by atoms with Gasteiger partial charge in [0.05, 0.1) is 5.69 Å². The van der Waals surface area contributed by atoms with Crippen LogP contribution in [0.25, 0.3) is 11.3 Å². The predicted molar refractivity (Wildman–Crippen MR) is 130 cm³/mol. The second kappa shape index (κ2) is 10.8. The van der Waals surface area contributed by atoms with Crippen molar-refractivity contribution in [1.29, 1.82) is 0 Å². The molecule has 0 radical (unpaired) electrons. The number of carbonyl (C=O) groups is 2. The lowest BCUT2D eigenvalue weighted by Crippen LogP contribution is -2.34. The largest absolute Gasteiger partial charge is 0.457 e. The minimum absolute atomic E-state index is 0.216. The summed E-state index contributed by atoms with van der Waals surface area (Å²) in [5.41, 5.74) is 0.824. The Kier molecular flexibility index (Phi) is 7.89. The third kappa shape index (κ3) is 7.21. The number of amides is 2. The van der Waals surface area contributed by atoms with Crippen molar-refractivity contribution < 1.29 is 19.1 Å². The Bertz CT molecular complexity index is 1080. The summed E-state index contributed by atoms with van der Waals surface area (Å²) >= 11 is 1.25. The number of nitrogens with one attached hydrogen (secondary N) is 3. The first kappa shape index (κ1) is 24.1. The van der Waals surface area contributed by atoms with Crippen LogP contribution in [0.1, 0.15) is 30.4 Å². The van der Waals surface area contributed by atoms with Gasteiger partial charge in [0.15, 0.2) is 5.13 Å². The average molecular weight is 469 g/mol.